The second-order valence-electron chi connectivity index (χ2n) is 9.46. The quantitative estimate of drug-likeness (QED) is 0.583. The Hall–Kier alpha value is -1.93. The van der Waals surface area contributed by atoms with Crippen LogP contribution >= 0.6 is 0 Å². The first-order valence-electron chi connectivity index (χ1n) is 12.7. The molecular formula is C26H40N4O3. The number of nitrogens with zero attached hydrogens (tertiary/aromatic N) is 3. The van der Waals surface area contributed by atoms with Gasteiger partial charge in [0.25, 0.3) is 5.91 Å². The van der Waals surface area contributed by atoms with Gasteiger partial charge in [0.15, 0.2) is 0 Å². The molecule has 33 heavy (non-hydrogen) atoms. The summed E-state index contributed by atoms with van der Waals surface area (Å²) in [4.78, 5) is 19.4. The monoisotopic (exact) mass is 456 g/mol. The van der Waals surface area contributed by atoms with Crippen molar-refractivity contribution in [2.24, 2.45) is 0 Å². The number of carbonyl (C=O) groups is 1. The number of amides is 1. The maximum Gasteiger partial charge on any atom is 0.254 e. The van der Waals surface area contributed by atoms with Crippen LogP contribution in [0.15, 0.2) is 36.0 Å². The summed E-state index contributed by atoms with van der Waals surface area (Å²) in [6.07, 6.45) is 6.90. The van der Waals surface area contributed by atoms with Crippen molar-refractivity contribution in [3.05, 3.63) is 47.2 Å². The Labute approximate surface area is 198 Å². The molecule has 1 amide bonds. The summed E-state index contributed by atoms with van der Waals surface area (Å²) in [6, 6.07) is 8.32. The maximum atomic E-state index is 12.6. The number of hydrogen-bond acceptors (Lipinski definition) is 6. The van der Waals surface area contributed by atoms with Crippen molar-refractivity contribution in [1.82, 2.24) is 20.0 Å². The van der Waals surface area contributed by atoms with Crippen LogP contribution in [0.4, 0.5) is 0 Å². The SMILES string of the molecule is O=C(c1ccc(C2CCC(=CNCCN3CCN(CCO)CC3)CC2)cc1)N1CCOCC1. The van der Waals surface area contributed by atoms with Gasteiger partial charge in [0.1, 0.15) is 0 Å². The lowest BCUT2D eigenvalue weighted by atomic mass is 9.81. The zero-order chi connectivity index (χ0) is 22.9. The summed E-state index contributed by atoms with van der Waals surface area (Å²) in [5.41, 5.74) is 3.68. The van der Waals surface area contributed by atoms with Crippen LogP contribution in [-0.4, -0.2) is 104 Å². The van der Waals surface area contributed by atoms with Crippen molar-refractivity contribution in [1.29, 1.82) is 0 Å². The number of nitrogens with one attached hydrogen (secondary N) is 1. The van der Waals surface area contributed by atoms with Gasteiger partial charge in [-0.3, -0.25) is 14.6 Å². The van der Waals surface area contributed by atoms with E-state index in [1.54, 1.807) is 0 Å². The molecule has 182 valence electrons. The van der Waals surface area contributed by atoms with Crippen LogP contribution in [-0.2, 0) is 4.74 Å². The lowest BCUT2D eigenvalue weighted by molar-refractivity contribution is 0.0303. The number of aliphatic hydroxyl groups excluding tert-OH is 1. The highest BCUT2D eigenvalue weighted by molar-refractivity contribution is 5.94. The molecule has 0 atom stereocenters. The molecular weight excluding hydrogens is 416 g/mol. The van der Waals surface area contributed by atoms with Crippen LogP contribution in [0, 0.1) is 0 Å². The van der Waals surface area contributed by atoms with E-state index >= 15 is 0 Å². The number of aliphatic hydroxyl groups is 1. The number of β-amino-alcohol motifs (C(OH)–C–C–N with tert-alkyl or cyclic N) is 1. The Morgan fingerprint density at radius 1 is 0.970 bits per heavy atom. The number of benzene rings is 1. The van der Waals surface area contributed by atoms with E-state index < -0.39 is 0 Å². The Bertz CT molecular complexity index is 758. The van der Waals surface area contributed by atoms with Gasteiger partial charge in [-0.2, -0.15) is 0 Å². The predicted octanol–water partition coefficient (Wildman–Crippen LogP) is 1.90. The summed E-state index contributed by atoms with van der Waals surface area (Å²) in [7, 11) is 0. The van der Waals surface area contributed by atoms with Gasteiger partial charge < -0.3 is 20.1 Å². The molecule has 1 aromatic rings. The molecule has 0 radical (unpaired) electrons. The highest BCUT2D eigenvalue weighted by Gasteiger charge is 2.21. The van der Waals surface area contributed by atoms with E-state index in [4.69, 9.17) is 9.84 Å². The summed E-state index contributed by atoms with van der Waals surface area (Å²) in [6.45, 7) is 10.1. The number of allylic oxidation sites excluding steroid dienone is 1. The molecule has 0 aromatic heterocycles. The fraction of sp³-hybridized carbons (Fsp3) is 0.654. The summed E-state index contributed by atoms with van der Waals surface area (Å²) in [5.74, 6) is 0.710. The molecule has 0 unspecified atom stereocenters. The zero-order valence-corrected chi connectivity index (χ0v) is 19.9. The van der Waals surface area contributed by atoms with Crippen LogP contribution in [0.5, 0.6) is 0 Å². The molecule has 2 saturated heterocycles. The molecule has 1 aliphatic carbocycles. The Balaban J connectivity index is 1.15. The number of ether oxygens (including phenoxy) is 1. The predicted molar refractivity (Wildman–Crippen MR) is 130 cm³/mol. The number of morpholine rings is 1. The van der Waals surface area contributed by atoms with Crippen LogP contribution in [0.2, 0.25) is 0 Å². The van der Waals surface area contributed by atoms with Gasteiger partial charge in [-0.1, -0.05) is 17.7 Å². The zero-order valence-electron chi connectivity index (χ0n) is 19.9. The van der Waals surface area contributed by atoms with Crippen molar-refractivity contribution in [3.8, 4) is 0 Å². The Kier molecular flexibility index (Phi) is 9.17. The Morgan fingerprint density at radius 3 is 2.24 bits per heavy atom. The van der Waals surface area contributed by atoms with Crippen LogP contribution in [0.1, 0.15) is 47.5 Å². The highest BCUT2D eigenvalue weighted by Crippen LogP contribution is 2.35. The van der Waals surface area contributed by atoms with Crippen LogP contribution < -0.4 is 5.32 Å². The third kappa shape index (κ3) is 7.03. The number of rotatable bonds is 8. The fourth-order valence-corrected chi connectivity index (χ4v) is 5.13. The average Bonchev–Trinajstić information content (AvgIpc) is 2.88. The molecule has 3 fully saturated rings. The molecule has 2 N–H and O–H groups in total. The summed E-state index contributed by atoms with van der Waals surface area (Å²) < 4.78 is 5.35. The molecule has 0 spiro atoms. The second kappa shape index (κ2) is 12.5. The lowest BCUT2D eigenvalue weighted by Crippen LogP contribution is -2.48. The lowest BCUT2D eigenvalue weighted by Gasteiger charge is -2.34. The van der Waals surface area contributed by atoms with E-state index in [9.17, 15) is 4.79 Å². The second-order valence-corrected chi connectivity index (χ2v) is 9.46. The third-order valence-corrected chi connectivity index (χ3v) is 7.31. The van der Waals surface area contributed by atoms with Gasteiger partial charge in [-0.25, -0.2) is 0 Å². The van der Waals surface area contributed by atoms with Crippen molar-refractivity contribution in [2.75, 3.05) is 78.7 Å². The first kappa shape index (κ1) is 24.2. The molecule has 0 bridgehead atoms. The molecule has 2 aliphatic heterocycles. The average molecular weight is 457 g/mol. The van der Waals surface area contributed by atoms with Gasteiger partial charge in [-0.05, 0) is 55.5 Å². The highest BCUT2D eigenvalue weighted by atomic mass is 16.5. The van der Waals surface area contributed by atoms with Gasteiger partial charge in [-0.15, -0.1) is 0 Å². The first-order valence-corrected chi connectivity index (χ1v) is 12.7. The fourth-order valence-electron chi connectivity index (χ4n) is 5.13. The molecule has 3 aliphatic rings. The minimum Gasteiger partial charge on any atom is -0.395 e. The van der Waals surface area contributed by atoms with E-state index in [0.717, 1.165) is 64.2 Å². The van der Waals surface area contributed by atoms with Crippen molar-refractivity contribution in [2.45, 2.75) is 31.6 Å². The van der Waals surface area contributed by atoms with E-state index in [1.165, 1.54) is 24.0 Å². The first-order chi connectivity index (χ1) is 16.2. The van der Waals surface area contributed by atoms with Crippen molar-refractivity contribution in [3.63, 3.8) is 0 Å². The van der Waals surface area contributed by atoms with Gasteiger partial charge in [0, 0.05) is 64.5 Å². The maximum absolute atomic E-state index is 12.6. The summed E-state index contributed by atoms with van der Waals surface area (Å²) in [5, 5.41) is 12.6. The molecule has 7 nitrogen and oxygen atoms in total. The smallest absolute Gasteiger partial charge is 0.254 e. The topological polar surface area (TPSA) is 68.3 Å². The Morgan fingerprint density at radius 2 is 1.61 bits per heavy atom. The number of piperazine rings is 1. The van der Waals surface area contributed by atoms with Crippen molar-refractivity contribution < 1.29 is 14.6 Å². The van der Waals surface area contributed by atoms with Gasteiger partial charge >= 0.3 is 0 Å². The molecule has 4 rings (SSSR count). The van der Waals surface area contributed by atoms with E-state index in [1.807, 2.05) is 17.0 Å². The van der Waals surface area contributed by atoms with Crippen LogP contribution in [0.3, 0.4) is 0 Å². The molecule has 1 saturated carbocycles. The minimum absolute atomic E-state index is 0.122. The van der Waals surface area contributed by atoms with E-state index in [-0.39, 0.29) is 12.5 Å². The van der Waals surface area contributed by atoms with E-state index in [2.05, 4.69) is 33.4 Å². The van der Waals surface area contributed by atoms with E-state index in [0.29, 0.717) is 32.2 Å². The third-order valence-electron chi connectivity index (χ3n) is 7.31. The normalized spacial score (nSPS) is 22.9. The number of carbonyl (C=O) groups excluding carboxylic acids is 1. The standard InChI is InChI=1S/C26H40N4O3/c31-18-15-29-13-11-28(12-14-29)10-9-27-21-22-1-3-23(4-2-22)24-5-7-25(8-6-24)26(32)30-16-19-33-20-17-30/h5-8,21,23,27,31H,1-4,9-20H2. The van der Waals surface area contributed by atoms with Crippen LogP contribution in [0.25, 0.3) is 0 Å². The number of hydrogen-bond donors (Lipinski definition) is 2. The molecule has 1 aromatic carbocycles. The van der Waals surface area contributed by atoms with Gasteiger partial charge in [0.05, 0.1) is 19.8 Å². The molecule has 7 heteroatoms. The van der Waals surface area contributed by atoms with Crippen molar-refractivity contribution >= 4 is 5.91 Å². The van der Waals surface area contributed by atoms with Gasteiger partial charge in [0.2, 0.25) is 0 Å². The minimum atomic E-state index is 0.122. The largest absolute Gasteiger partial charge is 0.395 e. The summed E-state index contributed by atoms with van der Waals surface area (Å²) >= 11 is 0. The molecule has 2 heterocycles.